The molecule has 0 saturated carbocycles. The summed E-state index contributed by atoms with van der Waals surface area (Å²) in [7, 11) is 0. The zero-order valence-electron chi connectivity index (χ0n) is 11.5. The molecule has 2 N–H and O–H groups in total. The number of fused-ring (bicyclic) bond motifs is 1. The van der Waals surface area contributed by atoms with E-state index in [1.165, 1.54) is 18.5 Å². The van der Waals surface area contributed by atoms with E-state index in [1.807, 2.05) is 0 Å². The van der Waals surface area contributed by atoms with Gasteiger partial charge in [0.2, 0.25) is 0 Å². The fourth-order valence-corrected chi connectivity index (χ4v) is 1.84. The molecule has 0 aliphatic heterocycles. The van der Waals surface area contributed by atoms with Crippen molar-refractivity contribution in [1.29, 1.82) is 0 Å². The first-order valence-electron chi connectivity index (χ1n) is 6.44. The first-order valence-corrected chi connectivity index (χ1v) is 6.44. The molecule has 1 heterocycles. The standard InChI is InChI=1S/C13H17N5O2/c1-9(2)14-5-6-15-13-11-7-10(18(19)20)3-4-12(11)16-8-17-13/h3-4,7-9,14H,5-6H2,1-2H3,(H,15,16,17). The number of rotatable bonds is 6. The lowest BCUT2D eigenvalue weighted by Crippen LogP contribution is -2.28. The molecule has 0 bridgehead atoms. The SMILES string of the molecule is CC(C)NCCNc1ncnc2ccc([N+](=O)[O-])cc12. The van der Waals surface area contributed by atoms with E-state index < -0.39 is 4.92 Å². The zero-order chi connectivity index (χ0) is 14.5. The number of anilines is 1. The lowest BCUT2D eigenvalue weighted by Gasteiger charge is -2.10. The highest BCUT2D eigenvalue weighted by molar-refractivity contribution is 5.90. The molecule has 0 unspecified atom stereocenters. The average Bonchev–Trinajstić information content (AvgIpc) is 2.42. The van der Waals surface area contributed by atoms with Gasteiger partial charge in [-0.05, 0) is 6.07 Å². The van der Waals surface area contributed by atoms with Crippen molar-refractivity contribution in [3.05, 3.63) is 34.6 Å². The summed E-state index contributed by atoms with van der Waals surface area (Å²) in [5, 5.41) is 17.9. The number of nitrogens with zero attached hydrogens (tertiary/aromatic N) is 3. The molecule has 20 heavy (non-hydrogen) atoms. The van der Waals surface area contributed by atoms with Crippen LogP contribution in [0.1, 0.15) is 13.8 Å². The lowest BCUT2D eigenvalue weighted by atomic mass is 10.2. The van der Waals surface area contributed by atoms with Gasteiger partial charge in [-0.25, -0.2) is 9.97 Å². The third-order valence-electron chi connectivity index (χ3n) is 2.80. The predicted octanol–water partition coefficient (Wildman–Crippen LogP) is 1.95. The molecule has 0 atom stereocenters. The molecule has 2 aromatic rings. The van der Waals surface area contributed by atoms with Gasteiger partial charge in [0.05, 0.1) is 10.4 Å². The van der Waals surface area contributed by atoms with Crippen molar-refractivity contribution in [3.8, 4) is 0 Å². The quantitative estimate of drug-likeness (QED) is 0.475. The Morgan fingerprint density at radius 2 is 2.10 bits per heavy atom. The topological polar surface area (TPSA) is 93.0 Å². The lowest BCUT2D eigenvalue weighted by molar-refractivity contribution is -0.384. The molecule has 0 radical (unpaired) electrons. The smallest absolute Gasteiger partial charge is 0.270 e. The molecule has 0 amide bonds. The molecule has 0 saturated heterocycles. The summed E-state index contributed by atoms with van der Waals surface area (Å²) < 4.78 is 0. The van der Waals surface area contributed by atoms with Gasteiger partial charge in [-0.1, -0.05) is 13.8 Å². The van der Waals surface area contributed by atoms with Gasteiger partial charge in [-0.15, -0.1) is 0 Å². The van der Waals surface area contributed by atoms with E-state index in [0.717, 1.165) is 6.54 Å². The van der Waals surface area contributed by atoms with Crippen LogP contribution >= 0.6 is 0 Å². The summed E-state index contributed by atoms with van der Waals surface area (Å²) in [5.41, 5.74) is 0.723. The van der Waals surface area contributed by atoms with Crippen LogP contribution in [0, 0.1) is 10.1 Å². The minimum atomic E-state index is -0.420. The van der Waals surface area contributed by atoms with Gasteiger partial charge in [-0.3, -0.25) is 10.1 Å². The van der Waals surface area contributed by atoms with E-state index in [1.54, 1.807) is 6.07 Å². The summed E-state index contributed by atoms with van der Waals surface area (Å²) in [6.45, 7) is 5.62. The maximum absolute atomic E-state index is 10.8. The van der Waals surface area contributed by atoms with Crippen LogP contribution in [-0.4, -0.2) is 34.0 Å². The van der Waals surface area contributed by atoms with Crippen LogP contribution in [0.25, 0.3) is 10.9 Å². The highest BCUT2D eigenvalue weighted by Gasteiger charge is 2.10. The third-order valence-corrected chi connectivity index (χ3v) is 2.80. The second-order valence-electron chi connectivity index (χ2n) is 4.72. The largest absolute Gasteiger partial charge is 0.368 e. The van der Waals surface area contributed by atoms with E-state index in [4.69, 9.17) is 0 Å². The Labute approximate surface area is 116 Å². The van der Waals surface area contributed by atoms with Crippen molar-refractivity contribution in [3.63, 3.8) is 0 Å². The van der Waals surface area contributed by atoms with Crippen molar-refractivity contribution in [2.45, 2.75) is 19.9 Å². The maximum atomic E-state index is 10.8. The van der Waals surface area contributed by atoms with Crippen molar-refractivity contribution < 1.29 is 4.92 Å². The number of nitro benzene ring substituents is 1. The molecule has 1 aromatic heterocycles. The monoisotopic (exact) mass is 275 g/mol. The zero-order valence-corrected chi connectivity index (χ0v) is 11.5. The fraction of sp³-hybridized carbons (Fsp3) is 0.385. The van der Waals surface area contributed by atoms with E-state index in [-0.39, 0.29) is 5.69 Å². The van der Waals surface area contributed by atoms with Crippen LogP contribution in [0.4, 0.5) is 11.5 Å². The average molecular weight is 275 g/mol. The number of nitrogens with one attached hydrogen (secondary N) is 2. The minimum absolute atomic E-state index is 0.0376. The second-order valence-corrected chi connectivity index (χ2v) is 4.72. The van der Waals surface area contributed by atoms with Gasteiger partial charge in [0, 0.05) is 36.7 Å². The van der Waals surface area contributed by atoms with Gasteiger partial charge in [0.15, 0.2) is 0 Å². The molecule has 2 rings (SSSR count). The molecule has 1 aromatic carbocycles. The van der Waals surface area contributed by atoms with Gasteiger partial charge < -0.3 is 10.6 Å². The number of hydrogen-bond donors (Lipinski definition) is 2. The van der Waals surface area contributed by atoms with Crippen LogP contribution in [0.15, 0.2) is 24.5 Å². The van der Waals surface area contributed by atoms with Gasteiger partial charge >= 0.3 is 0 Å². The number of non-ortho nitro benzene ring substituents is 1. The Morgan fingerprint density at radius 3 is 2.80 bits per heavy atom. The summed E-state index contributed by atoms with van der Waals surface area (Å²) >= 11 is 0. The van der Waals surface area contributed by atoms with Crippen LogP contribution in [0.5, 0.6) is 0 Å². The molecule has 0 fully saturated rings. The number of aromatic nitrogens is 2. The maximum Gasteiger partial charge on any atom is 0.270 e. The Kier molecular flexibility index (Phi) is 4.41. The van der Waals surface area contributed by atoms with Gasteiger partial charge in [0.25, 0.3) is 5.69 Å². The van der Waals surface area contributed by atoms with E-state index in [0.29, 0.717) is 29.3 Å². The Balaban J connectivity index is 2.19. The molecule has 0 aliphatic rings. The van der Waals surface area contributed by atoms with Crippen molar-refractivity contribution in [2.75, 3.05) is 18.4 Å². The summed E-state index contributed by atoms with van der Waals surface area (Å²) in [5.74, 6) is 0.615. The van der Waals surface area contributed by atoms with Crippen LogP contribution in [0.2, 0.25) is 0 Å². The van der Waals surface area contributed by atoms with Crippen molar-refractivity contribution >= 4 is 22.4 Å². The van der Waals surface area contributed by atoms with Crippen molar-refractivity contribution in [1.82, 2.24) is 15.3 Å². The molecule has 0 spiro atoms. The number of benzene rings is 1. The highest BCUT2D eigenvalue weighted by Crippen LogP contribution is 2.23. The second kappa shape index (κ2) is 6.25. The van der Waals surface area contributed by atoms with Crippen LogP contribution < -0.4 is 10.6 Å². The number of hydrogen-bond acceptors (Lipinski definition) is 6. The molecular formula is C13H17N5O2. The Bertz CT molecular complexity index is 615. The van der Waals surface area contributed by atoms with E-state index >= 15 is 0 Å². The van der Waals surface area contributed by atoms with E-state index in [2.05, 4.69) is 34.4 Å². The third kappa shape index (κ3) is 3.39. The number of nitro groups is 1. The van der Waals surface area contributed by atoms with E-state index in [9.17, 15) is 10.1 Å². The minimum Gasteiger partial charge on any atom is -0.368 e. The molecule has 106 valence electrons. The molecule has 7 nitrogen and oxygen atoms in total. The van der Waals surface area contributed by atoms with Crippen LogP contribution in [0.3, 0.4) is 0 Å². The Hall–Kier alpha value is -2.28. The highest BCUT2D eigenvalue weighted by atomic mass is 16.6. The van der Waals surface area contributed by atoms with Crippen LogP contribution in [-0.2, 0) is 0 Å². The molecular weight excluding hydrogens is 258 g/mol. The van der Waals surface area contributed by atoms with Gasteiger partial charge in [0.1, 0.15) is 12.1 Å². The molecule has 0 aliphatic carbocycles. The van der Waals surface area contributed by atoms with Crippen molar-refractivity contribution in [2.24, 2.45) is 0 Å². The summed E-state index contributed by atoms with van der Waals surface area (Å²) in [6, 6.07) is 4.99. The first-order chi connectivity index (χ1) is 9.58. The molecule has 7 heteroatoms. The normalized spacial score (nSPS) is 10.9. The Morgan fingerprint density at radius 1 is 1.30 bits per heavy atom. The first kappa shape index (κ1) is 14.1. The summed E-state index contributed by atoms with van der Waals surface area (Å²) in [6.07, 6.45) is 1.45. The predicted molar refractivity (Wildman–Crippen MR) is 77.8 cm³/mol. The van der Waals surface area contributed by atoms with Gasteiger partial charge in [-0.2, -0.15) is 0 Å². The summed E-state index contributed by atoms with van der Waals surface area (Å²) in [4.78, 5) is 18.7. The fourth-order valence-electron chi connectivity index (χ4n) is 1.84.